The number of carbonyl (C=O) groups is 1. The fourth-order valence-electron chi connectivity index (χ4n) is 2.76. The third-order valence-corrected chi connectivity index (χ3v) is 4.38. The number of fused-ring (bicyclic) bond motifs is 1. The van der Waals surface area contributed by atoms with Crippen molar-refractivity contribution < 1.29 is 45.7 Å². The Bertz CT molecular complexity index is 1160. The average Bonchev–Trinajstić information content (AvgIpc) is 3.02. The summed E-state index contributed by atoms with van der Waals surface area (Å²) in [5, 5.41) is 11.7. The summed E-state index contributed by atoms with van der Waals surface area (Å²) < 4.78 is 86.1. The van der Waals surface area contributed by atoms with Gasteiger partial charge in [0, 0.05) is 6.07 Å². The fourth-order valence-corrected chi connectivity index (χ4v) is 2.76. The van der Waals surface area contributed by atoms with Gasteiger partial charge in [0.25, 0.3) is 0 Å². The van der Waals surface area contributed by atoms with Crippen LogP contribution in [-0.4, -0.2) is 50.8 Å². The normalized spacial score (nSPS) is 14.1. The topological polar surface area (TPSA) is 98.5 Å². The Hall–Kier alpha value is -3.55. The van der Waals surface area contributed by atoms with Gasteiger partial charge in [-0.2, -0.15) is 18.2 Å². The molecule has 14 heteroatoms. The number of aromatic nitrogens is 3. The number of imidazole rings is 1. The molecule has 0 radical (unpaired) electrons. The van der Waals surface area contributed by atoms with Crippen LogP contribution >= 0.6 is 0 Å². The Morgan fingerprint density at radius 2 is 1.70 bits per heavy atom. The molecule has 0 aliphatic rings. The molecular formula is C19H16F6N4O4. The molecule has 2 N–H and O–H groups in total. The second-order valence-corrected chi connectivity index (χ2v) is 7.01. The maximum absolute atomic E-state index is 12.9. The van der Waals surface area contributed by atoms with Crippen molar-refractivity contribution in [2.45, 2.75) is 31.5 Å². The largest absolute Gasteiger partial charge is 0.573 e. The number of halogens is 6. The molecule has 0 bridgehead atoms. The van der Waals surface area contributed by atoms with Crippen LogP contribution in [0, 0.1) is 0 Å². The fraction of sp³-hybridized carbons (Fsp3) is 0.316. The summed E-state index contributed by atoms with van der Waals surface area (Å²) in [6, 6.07) is 7.29. The van der Waals surface area contributed by atoms with Crippen LogP contribution in [0.4, 0.5) is 32.3 Å². The summed E-state index contributed by atoms with van der Waals surface area (Å²) in [5.74, 6) is -1.87. The monoisotopic (exact) mass is 478 g/mol. The van der Waals surface area contributed by atoms with Gasteiger partial charge in [-0.15, -0.1) is 13.2 Å². The van der Waals surface area contributed by atoms with Crippen molar-refractivity contribution in [2.75, 3.05) is 12.4 Å². The molecule has 0 aliphatic heterocycles. The van der Waals surface area contributed by atoms with Crippen LogP contribution < -0.4 is 14.8 Å². The van der Waals surface area contributed by atoms with E-state index >= 15 is 0 Å². The van der Waals surface area contributed by atoms with Crippen LogP contribution in [0.25, 0.3) is 16.9 Å². The first-order valence-corrected chi connectivity index (χ1v) is 9.09. The van der Waals surface area contributed by atoms with Gasteiger partial charge in [0.15, 0.2) is 11.2 Å². The first kappa shape index (κ1) is 24.1. The highest BCUT2D eigenvalue weighted by molar-refractivity contribution is 5.92. The molecule has 1 atom stereocenters. The molecule has 178 valence electrons. The van der Waals surface area contributed by atoms with Crippen molar-refractivity contribution in [1.29, 1.82) is 0 Å². The second-order valence-electron chi connectivity index (χ2n) is 7.01. The van der Waals surface area contributed by atoms with Crippen LogP contribution in [0.3, 0.4) is 0 Å². The van der Waals surface area contributed by atoms with Gasteiger partial charge in [0.1, 0.15) is 11.3 Å². The number of nitrogens with one attached hydrogen (secondary N) is 1. The van der Waals surface area contributed by atoms with Crippen molar-refractivity contribution in [3.05, 3.63) is 36.4 Å². The van der Waals surface area contributed by atoms with Gasteiger partial charge in [-0.1, -0.05) is 0 Å². The number of amides is 1. The van der Waals surface area contributed by atoms with E-state index in [2.05, 4.69) is 20.0 Å². The Morgan fingerprint density at radius 1 is 1.06 bits per heavy atom. The number of carbonyl (C=O) groups excluding carboxylic acids is 1. The number of rotatable bonds is 6. The van der Waals surface area contributed by atoms with Crippen LogP contribution in [0.5, 0.6) is 11.6 Å². The van der Waals surface area contributed by atoms with E-state index in [0.717, 1.165) is 12.1 Å². The quantitative estimate of drug-likeness (QED) is 0.521. The highest BCUT2D eigenvalue weighted by Gasteiger charge is 2.51. The van der Waals surface area contributed by atoms with E-state index in [0.29, 0.717) is 6.92 Å². The predicted molar refractivity (Wildman–Crippen MR) is 102 cm³/mol. The lowest BCUT2D eigenvalue weighted by Crippen LogP contribution is -2.45. The van der Waals surface area contributed by atoms with Crippen molar-refractivity contribution in [3.8, 4) is 17.3 Å². The number of hydrogen-bond acceptors (Lipinski definition) is 6. The number of aliphatic hydroxyl groups is 1. The summed E-state index contributed by atoms with van der Waals surface area (Å²) >= 11 is 0. The zero-order chi connectivity index (χ0) is 24.6. The van der Waals surface area contributed by atoms with E-state index in [1.807, 2.05) is 0 Å². The van der Waals surface area contributed by atoms with Crippen LogP contribution in [0.1, 0.15) is 13.3 Å². The lowest BCUT2D eigenvalue weighted by Gasteiger charge is -2.25. The van der Waals surface area contributed by atoms with E-state index < -0.39 is 36.2 Å². The standard InChI is InChI=1S/C19H16F6N4O4/c1-17(31,18(20,21)22)9-13(30)27-16-26-12-7-8-14(32-2)28-15(12)29(16)10-3-5-11(6-4-10)33-19(23,24)25/h3-8,31H,9H2,1-2H3,(H,26,27,30)/t17-/m0/s1. The van der Waals surface area contributed by atoms with E-state index in [-0.39, 0.29) is 28.7 Å². The molecule has 0 aliphatic carbocycles. The molecule has 3 aromatic rings. The number of methoxy groups -OCH3 is 1. The smallest absolute Gasteiger partial charge is 0.481 e. The number of ether oxygens (including phenoxy) is 2. The molecule has 3 rings (SSSR count). The van der Waals surface area contributed by atoms with E-state index in [9.17, 15) is 36.2 Å². The highest BCUT2D eigenvalue weighted by Crippen LogP contribution is 2.33. The molecule has 0 unspecified atom stereocenters. The lowest BCUT2D eigenvalue weighted by atomic mass is 10.0. The van der Waals surface area contributed by atoms with Gasteiger partial charge < -0.3 is 14.6 Å². The van der Waals surface area contributed by atoms with Crippen molar-refractivity contribution >= 4 is 23.0 Å². The first-order chi connectivity index (χ1) is 15.2. The molecule has 1 aromatic carbocycles. The summed E-state index contributed by atoms with van der Waals surface area (Å²) in [5.41, 5.74) is -2.85. The molecule has 0 saturated carbocycles. The van der Waals surface area contributed by atoms with Crippen LogP contribution in [0.2, 0.25) is 0 Å². The van der Waals surface area contributed by atoms with E-state index in [1.54, 1.807) is 0 Å². The summed E-state index contributed by atoms with van der Waals surface area (Å²) in [6.45, 7) is 0.446. The lowest BCUT2D eigenvalue weighted by molar-refractivity contribution is -0.274. The van der Waals surface area contributed by atoms with Crippen molar-refractivity contribution in [3.63, 3.8) is 0 Å². The Kier molecular flexibility index (Phi) is 6.15. The highest BCUT2D eigenvalue weighted by atomic mass is 19.4. The molecule has 0 fully saturated rings. The molecule has 2 heterocycles. The zero-order valence-corrected chi connectivity index (χ0v) is 17.0. The van der Waals surface area contributed by atoms with Gasteiger partial charge in [-0.05, 0) is 37.3 Å². The maximum Gasteiger partial charge on any atom is 0.573 e. The number of pyridine rings is 1. The van der Waals surface area contributed by atoms with Gasteiger partial charge in [-0.25, -0.2) is 4.98 Å². The molecule has 33 heavy (non-hydrogen) atoms. The molecule has 2 aromatic heterocycles. The molecule has 8 nitrogen and oxygen atoms in total. The molecule has 0 saturated heterocycles. The number of alkyl halides is 6. The minimum Gasteiger partial charge on any atom is -0.481 e. The third-order valence-electron chi connectivity index (χ3n) is 4.38. The minimum absolute atomic E-state index is 0.0942. The molecular weight excluding hydrogens is 462 g/mol. The van der Waals surface area contributed by atoms with Crippen molar-refractivity contribution in [1.82, 2.24) is 14.5 Å². The van der Waals surface area contributed by atoms with Crippen molar-refractivity contribution in [2.24, 2.45) is 0 Å². The third kappa shape index (κ3) is 5.45. The first-order valence-electron chi connectivity index (χ1n) is 9.09. The Labute approximate surface area is 181 Å². The van der Waals surface area contributed by atoms with Crippen LogP contribution in [-0.2, 0) is 4.79 Å². The second kappa shape index (κ2) is 8.42. The maximum atomic E-state index is 12.9. The van der Waals surface area contributed by atoms with Gasteiger partial charge >= 0.3 is 12.5 Å². The number of anilines is 1. The average molecular weight is 478 g/mol. The summed E-state index contributed by atoms with van der Waals surface area (Å²) in [7, 11) is 1.33. The van der Waals surface area contributed by atoms with Gasteiger partial charge in [-0.3, -0.25) is 14.7 Å². The number of nitrogens with zero attached hydrogens (tertiary/aromatic N) is 3. The van der Waals surface area contributed by atoms with E-state index in [4.69, 9.17) is 4.74 Å². The Morgan fingerprint density at radius 3 is 2.24 bits per heavy atom. The Balaban J connectivity index is 2.02. The van der Waals surface area contributed by atoms with E-state index in [1.165, 1.54) is 35.9 Å². The number of benzene rings is 1. The zero-order valence-electron chi connectivity index (χ0n) is 17.0. The van der Waals surface area contributed by atoms with Crippen LogP contribution in [0.15, 0.2) is 36.4 Å². The predicted octanol–water partition coefficient (Wildman–Crippen LogP) is 3.97. The summed E-state index contributed by atoms with van der Waals surface area (Å²) in [6.07, 6.45) is -11.3. The molecule has 0 spiro atoms. The molecule has 1 amide bonds. The SMILES string of the molecule is COc1ccc2nc(NC(=O)C[C@](C)(O)C(F)(F)F)n(-c3ccc(OC(F)(F)F)cc3)c2n1. The van der Waals surface area contributed by atoms with Gasteiger partial charge in [0.2, 0.25) is 17.7 Å². The minimum atomic E-state index is -5.06. The summed E-state index contributed by atoms with van der Waals surface area (Å²) in [4.78, 5) is 20.6. The number of hydrogen-bond donors (Lipinski definition) is 2. The van der Waals surface area contributed by atoms with Gasteiger partial charge in [0.05, 0.1) is 19.2 Å².